The summed E-state index contributed by atoms with van der Waals surface area (Å²) < 4.78 is 4.94. The molecule has 1 rings (SSSR count). The molecule has 1 aromatic rings. The molecule has 0 unspecified atom stereocenters. The number of rotatable bonds is 20. The third kappa shape index (κ3) is 16.8. The van der Waals surface area contributed by atoms with Crippen molar-refractivity contribution < 1.29 is 14.3 Å². The van der Waals surface area contributed by atoms with E-state index in [9.17, 15) is 9.59 Å². The van der Waals surface area contributed by atoms with Crippen LogP contribution in [0.2, 0.25) is 0 Å². The second-order valence-corrected chi connectivity index (χ2v) is 9.09. The number of esters is 1. The van der Waals surface area contributed by atoms with Gasteiger partial charge in [0.25, 0.3) is 0 Å². The molecule has 0 saturated heterocycles. The van der Waals surface area contributed by atoms with Crippen LogP contribution in [-0.4, -0.2) is 18.5 Å². The monoisotopic (exact) mass is 445 g/mol. The zero-order chi connectivity index (χ0) is 23.3. The summed E-state index contributed by atoms with van der Waals surface area (Å²) in [5, 5.41) is 3.10. The molecule has 0 radical (unpaired) electrons. The summed E-state index contributed by atoms with van der Waals surface area (Å²) in [5.74, 6) is 0.00207. The summed E-state index contributed by atoms with van der Waals surface area (Å²) >= 11 is 0. The van der Waals surface area contributed by atoms with Crippen LogP contribution in [0.1, 0.15) is 128 Å². The highest BCUT2D eigenvalue weighted by Crippen LogP contribution is 2.15. The fourth-order valence-corrected chi connectivity index (χ4v) is 4.04. The number of hydrogen-bond acceptors (Lipinski definition) is 3. The largest absolute Gasteiger partial charge is 0.466 e. The van der Waals surface area contributed by atoms with Crippen molar-refractivity contribution in [3.63, 3.8) is 0 Å². The lowest BCUT2D eigenvalue weighted by molar-refractivity contribution is -0.141. The number of ether oxygens (including phenoxy) is 1. The van der Waals surface area contributed by atoms with Crippen LogP contribution in [0.3, 0.4) is 0 Å². The van der Waals surface area contributed by atoms with Gasteiger partial charge in [-0.05, 0) is 25.3 Å². The second kappa shape index (κ2) is 19.8. The van der Waals surface area contributed by atoms with Gasteiger partial charge in [-0.25, -0.2) is 0 Å². The molecule has 0 heterocycles. The Morgan fingerprint density at radius 2 is 1.16 bits per heavy atom. The van der Waals surface area contributed by atoms with Crippen molar-refractivity contribution in [2.24, 2.45) is 0 Å². The maximum atomic E-state index is 12.1. The van der Waals surface area contributed by atoms with Crippen LogP contribution in [0.25, 0.3) is 0 Å². The minimum absolute atomic E-state index is 0.0856. The van der Waals surface area contributed by atoms with Crippen LogP contribution in [0.15, 0.2) is 30.3 Å². The number of carbonyl (C=O) groups is 2. The number of amides is 1. The van der Waals surface area contributed by atoms with Crippen LogP contribution in [0, 0.1) is 0 Å². The van der Waals surface area contributed by atoms with Gasteiger partial charge in [0.05, 0.1) is 12.6 Å². The first-order valence-corrected chi connectivity index (χ1v) is 13.1. The third-order valence-electron chi connectivity index (χ3n) is 6.03. The Hall–Kier alpha value is -1.84. The molecular formula is C28H47NO3. The van der Waals surface area contributed by atoms with E-state index in [1.807, 2.05) is 25.1 Å². The molecule has 1 atom stereocenters. The van der Waals surface area contributed by atoms with E-state index < -0.39 is 0 Å². The van der Waals surface area contributed by atoms with Crippen molar-refractivity contribution in [2.75, 3.05) is 6.61 Å². The lowest BCUT2D eigenvalue weighted by atomic mass is 10.0. The molecule has 0 spiro atoms. The topological polar surface area (TPSA) is 55.4 Å². The fraction of sp³-hybridized carbons (Fsp3) is 0.714. The summed E-state index contributed by atoms with van der Waals surface area (Å²) in [6, 6.07) is 10.2. The van der Waals surface area contributed by atoms with Gasteiger partial charge in [0.1, 0.15) is 0 Å². The minimum atomic E-state index is -0.168. The van der Waals surface area contributed by atoms with Crippen molar-refractivity contribution >= 4 is 11.9 Å². The molecule has 1 amide bonds. The van der Waals surface area contributed by atoms with Gasteiger partial charge in [0.2, 0.25) is 5.91 Å². The van der Waals surface area contributed by atoms with E-state index in [0.29, 0.717) is 13.0 Å². The zero-order valence-corrected chi connectivity index (χ0v) is 20.7. The van der Waals surface area contributed by atoms with Crippen molar-refractivity contribution in [3.8, 4) is 0 Å². The molecule has 182 valence electrons. The van der Waals surface area contributed by atoms with Crippen molar-refractivity contribution in [3.05, 3.63) is 35.9 Å². The number of carbonyl (C=O) groups excluding carboxylic acids is 2. The van der Waals surface area contributed by atoms with Crippen molar-refractivity contribution in [2.45, 2.75) is 123 Å². The zero-order valence-electron chi connectivity index (χ0n) is 20.7. The summed E-state index contributed by atoms with van der Waals surface area (Å²) in [6.45, 7) is 4.10. The molecular weight excluding hydrogens is 398 g/mol. The van der Waals surface area contributed by atoms with E-state index in [1.165, 1.54) is 84.0 Å². The fourth-order valence-electron chi connectivity index (χ4n) is 4.04. The van der Waals surface area contributed by atoms with Crippen LogP contribution in [0.4, 0.5) is 0 Å². The Morgan fingerprint density at radius 3 is 1.62 bits per heavy atom. The van der Waals surface area contributed by atoms with Crippen LogP contribution >= 0.6 is 0 Å². The van der Waals surface area contributed by atoms with Gasteiger partial charge in [-0.3, -0.25) is 9.59 Å². The van der Waals surface area contributed by atoms with Crippen LogP contribution in [-0.2, 0) is 14.3 Å². The summed E-state index contributed by atoms with van der Waals surface area (Å²) in [5.41, 5.74) is 1.16. The Morgan fingerprint density at radius 1 is 0.719 bits per heavy atom. The first kappa shape index (κ1) is 28.2. The van der Waals surface area contributed by atoms with Gasteiger partial charge in [0.15, 0.2) is 0 Å². The molecule has 0 aliphatic rings. The van der Waals surface area contributed by atoms with E-state index in [-0.39, 0.29) is 17.9 Å². The normalized spacial score (nSPS) is 11.8. The maximum absolute atomic E-state index is 12.1. The number of benzene rings is 1. The average Bonchev–Trinajstić information content (AvgIpc) is 2.78. The molecule has 4 nitrogen and oxygen atoms in total. The van der Waals surface area contributed by atoms with Crippen molar-refractivity contribution in [1.82, 2.24) is 5.32 Å². The van der Waals surface area contributed by atoms with Gasteiger partial charge in [-0.1, -0.05) is 114 Å². The van der Waals surface area contributed by atoms with Crippen LogP contribution < -0.4 is 5.32 Å². The predicted molar refractivity (Wildman–Crippen MR) is 134 cm³/mol. The first-order chi connectivity index (χ1) is 15.6. The molecule has 32 heavy (non-hydrogen) atoms. The smallest absolute Gasteiger partial charge is 0.302 e. The molecule has 0 bridgehead atoms. The minimum Gasteiger partial charge on any atom is -0.466 e. The van der Waals surface area contributed by atoms with Gasteiger partial charge >= 0.3 is 5.97 Å². The summed E-state index contributed by atoms with van der Waals surface area (Å²) in [7, 11) is 0. The molecule has 0 saturated carbocycles. The highest BCUT2D eigenvalue weighted by molar-refractivity contribution is 5.76. The predicted octanol–water partition coefficient (Wildman–Crippen LogP) is 7.67. The Bertz CT molecular complexity index is 588. The molecule has 4 heteroatoms. The summed E-state index contributed by atoms with van der Waals surface area (Å²) in [4.78, 5) is 22.7. The van der Waals surface area contributed by atoms with E-state index in [2.05, 4.69) is 17.4 Å². The van der Waals surface area contributed by atoms with E-state index in [1.54, 1.807) is 0 Å². The number of nitrogens with one attached hydrogen (secondary N) is 1. The number of hydrogen-bond donors (Lipinski definition) is 1. The third-order valence-corrected chi connectivity index (χ3v) is 6.03. The highest BCUT2D eigenvalue weighted by atomic mass is 16.5. The molecule has 0 fully saturated rings. The lowest BCUT2D eigenvalue weighted by Gasteiger charge is -2.14. The Kier molecular flexibility index (Phi) is 17.5. The maximum Gasteiger partial charge on any atom is 0.302 e. The molecule has 0 aliphatic carbocycles. The summed E-state index contributed by atoms with van der Waals surface area (Å²) in [6.07, 6.45) is 19.6. The van der Waals surface area contributed by atoms with Gasteiger partial charge < -0.3 is 10.1 Å². The molecule has 1 N–H and O–H groups in total. The van der Waals surface area contributed by atoms with E-state index in [4.69, 9.17) is 4.74 Å². The Labute approximate surface area is 196 Å². The highest BCUT2D eigenvalue weighted by Gasteiger charge is 2.08. The molecule has 1 aromatic carbocycles. The van der Waals surface area contributed by atoms with Crippen LogP contribution in [0.5, 0.6) is 0 Å². The first-order valence-electron chi connectivity index (χ1n) is 13.1. The van der Waals surface area contributed by atoms with Gasteiger partial charge in [-0.2, -0.15) is 0 Å². The standard InChI is InChI=1S/C28H47NO3/c1-25(27-21-17-16-18-22-27)29-28(31)23-19-14-12-10-8-6-4-3-5-7-9-11-13-15-20-24-32-26(2)30/h16-18,21-22,25H,3-15,19-20,23-24H2,1-2H3,(H,29,31)/t25-/m1/s1. The second-order valence-electron chi connectivity index (χ2n) is 9.09. The average molecular weight is 446 g/mol. The van der Waals surface area contributed by atoms with Crippen molar-refractivity contribution in [1.29, 1.82) is 0 Å². The lowest BCUT2D eigenvalue weighted by Crippen LogP contribution is -2.26. The molecule has 0 aromatic heterocycles. The van der Waals surface area contributed by atoms with Gasteiger partial charge in [-0.15, -0.1) is 0 Å². The SMILES string of the molecule is CC(=O)OCCCCCCCCCCCCCCCCCC(=O)N[C@H](C)c1ccccc1. The van der Waals surface area contributed by atoms with E-state index >= 15 is 0 Å². The Balaban J connectivity index is 1.78. The molecule has 0 aliphatic heterocycles. The number of unbranched alkanes of at least 4 members (excludes halogenated alkanes) is 14. The van der Waals surface area contributed by atoms with E-state index in [0.717, 1.165) is 24.8 Å². The quantitative estimate of drug-likeness (QED) is 0.165. The van der Waals surface area contributed by atoms with Gasteiger partial charge in [0, 0.05) is 13.3 Å².